The lowest BCUT2D eigenvalue weighted by atomic mass is 10.1. The number of methoxy groups -OCH3 is 1. The second-order valence-corrected chi connectivity index (χ2v) is 6.96. The first kappa shape index (κ1) is 19.7. The Morgan fingerprint density at radius 3 is 2.23 bits per heavy atom. The number of benzene rings is 1. The van der Waals surface area contributed by atoms with Crippen molar-refractivity contribution < 1.29 is 14.3 Å². The van der Waals surface area contributed by atoms with E-state index in [1.807, 2.05) is 12.1 Å². The molecule has 124 valence electrons. The Hall–Kier alpha value is -0.390. The molecule has 0 unspecified atom stereocenters. The Balaban J connectivity index is 2.36. The number of esters is 1. The van der Waals surface area contributed by atoms with Crippen molar-refractivity contribution in [1.82, 2.24) is 0 Å². The lowest BCUT2D eigenvalue weighted by Crippen LogP contribution is -2.05. The maximum Gasteiger partial charge on any atom is 0.340 e. The zero-order valence-electron chi connectivity index (χ0n) is 13.3. The van der Waals surface area contributed by atoms with E-state index in [0.29, 0.717) is 21.1 Å². The third-order valence-electron chi connectivity index (χ3n) is 3.40. The molecule has 1 rings (SSSR count). The van der Waals surface area contributed by atoms with E-state index >= 15 is 0 Å². The zero-order chi connectivity index (χ0) is 16.4. The van der Waals surface area contributed by atoms with Crippen molar-refractivity contribution in [1.29, 1.82) is 0 Å². The van der Waals surface area contributed by atoms with E-state index in [1.165, 1.54) is 39.2 Å². The van der Waals surface area contributed by atoms with Gasteiger partial charge in [0, 0.05) is 15.6 Å². The average Bonchev–Trinajstić information content (AvgIpc) is 2.49. The van der Waals surface area contributed by atoms with Crippen LogP contribution in [0, 0.1) is 0 Å². The first-order valence-corrected chi connectivity index (χ1v) is 9.32. The number of carbonyl (C=O) groups excluding carboxylic acids is 1. The summed E-state index contributed by atoms with van der Waals surface area (Å²) in [5.41, 5.74) is 1.53. The van der Waals surface area contributed by atoms with Gasteiger partial charge in [-0.05, 0) is 56.0 Å². The Morgan fingerprint density at radius 1 is 1.05 bits per heavy atom. The van der Waals surface area contributed by atoms with Crippen molar-refractivity contribution in [3.05, 3.63) is 32.2 Å². The van der Waals surface area contributed by atoms with E-state index in [-0.39, 0.29) is 5.97 Å². The van der Waals surface area contributed by atoms with Crippen molar-refractivity contribution in [3.63, 3.8) is 0 Å². The Morgan fingerprint density at radius 2 is 1.64 bits per heavy atom. The van der Waals surface area contributed by atoms with Crippen LogP contribution >= 0.6 is 31.9 Å². The molecule has 0 fully saturated rings. The van der Waals surface area contributed by atoms with Gasteiger partial charge in [-0.15, -0.1) is 0 Å². The normalized spacial score (nSPS) is 10.7. The van der Waals surface area contributed by atoms with Gasteiger partial charge in [0.15, 0.2) is 0 Å². The molecule has 0 spiro atoms. The third kappa shape index (κ3) is 6.80. The van der Waals surface area contributed by atoms with Crippen LogP contribution in [0.5, 0.6) is 0 Å². The molecule has 0 radical (unpaired) electrons. The van der Waals surface area contributed by atoms with E-state index in [2.05, 4.69) is 38.8 Å². The summed E-state index contributed by atoms with van der Waals surface area (Å²) in [5.74, 6) is -0.363. The molecule has 0 bridgehead atoms. The summed E-state index contributed by atoms with van der Waals surface area (Å²) in [5, 5.41) is 0. The second kappa shape index (κ2) is 11.2. The number of hydrogen-bond donors (Lipinski definition) is 0. The minimum Gasteiger partial charge on any atom is -0.465 e. The van der Waals surface area contributed by atoms with Crippen molar-refractivity contribution in [2.75, 3.05) is 13.7 Å². The van der Waals surface area contributed by atoms with E-state index in [9.17, 15) is 4.79 Å². The van der Waals surface area contributed by atoms with Crippen LogP contribution in [0.3, 0.4) is 0 Å². The van der Waals surface area contributed by atoms with Gasteiger partial charge in [-0.2, -0.15) is 0 Å². The molecular formula is C17H24Br2O3. The quantitative estimate of drug-likeness (QED) is 0.340. The number of unbranched alkanes of at least 4 members (excludes halogenated alkanes) is 5. The summed E-state index contributed by atoms with van der Waals surface area (Å²) in [6, 6.07) is 3.80. The summed E-state index contributed by atoms with van der Waals surface area (Å²) < 4.78 is 11.9. The van der Waals surface area contributed by atoms with Gasteiger partial charge in [-0.3, -0.25) is 0 Å². The maximum absolute atomic E-state index is 11.7. The smallest absolute Gasteiger partial charge is 0.340 e. The highest BCUT2D eigenvalue weighted by atomic mass is 79.9. The van der Waals surface area contributed by atoms with E-state index < -0.39 is 0 Å². The monoisotopic (exact) mass is 434 g/mol. The molecule has 1 aromatic carbocycles. The van der Waals surface area contributed by atoms with Gasteiger partial charge in [-0.25, -0.2) is 4.79 Å². The van der Waals surface area contributed by atoms with Crippen LogP contribution in [-0.2, 0) is 16.1 Å². The number of halogens is 2. The second-order valence-electron chi connectivity index (χ2n) is 5.25. The van der Waals surface area contributed by atoms with Crippen molar-refractivity contribution in [2.45, 2.75) is 52.1 Å². The van der Waals surface area contributed by atoms with Crippen LogP contribution in [0.4, 0.5) is 0 Å². The predicted octanol–water partition coefficient (Wildman–Crippen LogP) is 5.88. The van der Waals surface area contributed by atoms with Crippen molar-refractivity contribution >= 4 is 37.8 Å². The first-order valence-electron chi connectivity index (χ1n) is 7.74. The van der Waals surface area contributed by atoms with Gasteiger partial charge in [0.2, 0.25) is 0 Å². The highest BCUT2D eigenvalue weighted by Crippen LogP contribution is 2.28. The molecule has 0 atom stereocenters. The number of hydrogen-bond acceptors (Lipinski definition) is 3. The van der Waals surface area contributed by atoms with Gasteiger partial charge >= 0.3 is 5.97 Å². The molecule has 0 saturated heterocycles. The van der Waals surface area contributed by atoms with Gasteiger partial charge in [0.1, 0.15) is 0 Å². The fraction of sp³-hybridized carbons (Fsp3) is 0.588. The van der Waals surface area contributed by atoms with Gasteiger partial charge in [-0.1, -0.05) is 39.0 Å². The number of carbonyl (C=O) groups is 1. The minimum absolute atomic E-state index is 0.363. The molecule has 0 saturated carbocycles. The molecular weight excluding hydrogens is 412 g/mol. The Labute approximate surface area is 150 Å². The topological polar surface area (TPSA) is 35.5 Å². The fourth-order valence-electron chi connectivity index (χ4n) is 2.18. The van der Waals surface area contributed by atoms with Crippen LogP contribution in [0.15, 0.2) is 21.1 Å². The Bertz CT molecular complexity index is 452. The SMILES string of the molecule is CCCCCCCCOCc1cc(Br)c(C(=O)OC)c(Br)c1. The van der Waals surface area contributed by atoms with Gasteiger partial charge in [0.25, 0.3) is 0 Å². The van der Waals surface area contributed by atoms with Gasteiger partial charge in [0.05, 0.1) is 19.3 Å². The minimum atomic E-state index is -0.363. The summed E-state index contributed by atoms with van der Waals surface area (Å²) in [6.07, 6.45) is 7.56. The lowest BCUT2D eigenvalue weighted by molar-refractivity contribution is 0.0598. The van der Waals surface area contributed by atoms with Crippen LogP contribution in [0.25, 0.3) is 0 Å². The summed E-state index contributed by atoms with van der Waals surface area (Å²) >= 11 is 6.82. The molecule has 1 aromatic rings. The molecule has 0 heterocycles. The molecule has 0 aliphatic rings. The average molecular weight is 436 g/mol. The van der Waals surface area contributed by atoms with Crippen LogP contribution in [0.2, 0.25) is 0 Å². The standard InChI is InChI=1S/C17H24Br2O3/c1-3-4-5-6-7-8-9-22-12-13-10-14(18)16(15(19)11-13)17(20)21-2/h10-11H,3-9,12H2,1-2H3. The fourth-order valence-corrected chi connectivity index (χ4v) is 3.79. The lowest BCUT2D eigenvalue weighted by Gasteiger charge is -2.09. The molecule has 0 amide bonds. The predicted molar refractivity (Wildman–Crippen MR) is 96.2 cm³/mol. The largest absolute Gasteiger partial charge is 0.465 e. The number of rotatable bonds is 10. The highest BCUT2D eigenvalue weighted by molar-refractivity contribution is 9.11. The molecule has 22 heavy (non-hydrogen) atoms. The number of ether oxygens (including phenoxy) is 2. The molecule has 0 N–H and O–H groups in total. The van der Waals surface area contributed by atoms with E-state index in [4.69, 9.17) is 9.47 Å². The van der Waals surface area contributed by atoms with Crippen molar-refractivity contribution in [2.24, 2.45) is 0 Å². The third-order valence-corrected chi connectivity index (χ3v) is 4.65. The van der Waals surface area contributed by atoms with Crippen LogP contribution < -0.4 is 0 Å². The maximum atomic E-state index is 11.7. The van der Waals surface area contributed by atoms with E-state index in [1.54, 1.807) is 0 Å². The molecule has 0 aliphatic heterocycles. The van der Waals surface area contributed by atoms with Crippen LogP contribution in [0.1, 0.15) is 61.4 Å². The highest BCUT2D eigenvalue weighted by Gasteiger charge is 2.15. The summed E-state index contributed by atoms with van der Waals surface area (Å²) in [6.45, 7) is 3.55. The van der Waals surface area contributed by atoms with Crippen LogP contribution in [-0.4, -0.2) is 19.7 Å². The van der Waals surface area contributed by atoms with Gasteiger partial charge < -0.3 is 9.47 Å². The molecule has 0 aromatic heterocycles. The first-order chi connectivity index (χ1) is 10.6. The van der Waals surface area contributed by atoms with Crippen molar-refractivity contribution in [3.8, 4) is 0 Å². The Kier molecular flexibility index (Phi) is 10.0. The zero-order valence-corrected chi connectivity index (χ0v) is 16.5. The molecule has 3 nitrogen and oxygen atoms in total. The molecule has 0 aliphatic carbocycles. The molecule has 5 heteroatoms. The summed E-state index contributed by atoms with van der Waals surface area (Å²) in [4.78, 5) is 11.7. The summed E-state index contributed by atoms with van der Waals surface area (Å²) in [7, 11) is 1.37. The van der Waals surface area contributed by atoms with E-state index in [0.717, 1.165) is 18.6 Å².